The van der Waals surface area contributed by atoms with Gasteiger partial charge in [-0.05, 0) is 37.1 Å². The molecule has 3 rings (SSSR count). The smallest absolute Gasteiger partial charge is 0.345 e. The minimum absolute atomic E-state index is 0.339. The largest absolute Gasteiger partial charge is 0.479 e. The minimum atomic E-state index is -2.09. The van der Waals surface area contributed by atoms with E-state index in [2.05, 4.69) is 16.7 Å². The number of aliphatic carboxylic acids is 1. The van der Waals surface area contributed by atoms with E-state index in [-0.39, 0.29) is 0 Å². The van der Waals surface area contributed by atoms with Crippen LogP contribution in [-0.2, 0) is 16.8 Å². The van der Waals surface area contributed by atoms with E-state index in [1.807, 2.05) is 12.1 Å². The lowest BCUT2D eigenvalue weighted by Gasteiger charge is -2.26. The Hall–Kier alpha value is -2.61. The maximum absolute atomic E-state index is 12.0. The van der Waals surface area contributed by atoms with Crippen LogP contribution in [0, 0.1) is 11.8 Å². The molecule has 2 N–H and O–H groups in total. The van der Waals surface area contributed by atoms with Crippen molar-refractivity contribution in [3.8, 4) is 11.8 Å². The number of aliphatic hydroxyl groups is 1. The molecular weight excluding hydrogens is 338 g/mol. The van der Waals surface area contributed by atoms with Crippen LogP contribution < -0.4 is 0 Å². The summed E-state index contributed by atoms with van der Waals surface area (Å²) < 4.78 is 0. The van der Waals surface area contributed by atoms with Gasteiger partial charge in [0.1, 0.15) is 0 Å². The summed E-state index contributed by atoms with van der Waals surface area (Å²) in [7, 11) is 0. The third-order valence-electron chi connectivity index (χ3n) is 5.06. The Labute approximate surface area is 160 Å². The summed E-state index contributed by atoms with van der Waals surface area (Å²) in [6.07, 6.45) is 4.16. The van der Waals surface area contributed by atoms with Crippen molar-refractivity contribution in [1.29, 1.82) is 0 Å². The van der Waals surface area contributed by atoms with Crippen molar-refractivity contribution in [2.75, 3.05) is 19.6 Å². The molecule has 0 amide bonds. The minimum Gasteiger partial charge on any atom is -0.479 e. The Bertz CT molecular complexity index is 831. The van der Waals surface area contributed by atoms with Gasteiger partial charge in [0.05, 0.1) is 6.54 Å². The van der Waals surface area contributed by atoms with Gasteiger partial charge >= 0.3 is 5.97 Å². The van der Waals surface area contributed by atoms with Crippen molar-refractivity contribution in [2.45, 2.75) is 31.3 Å². The molecule has 1 aliphatic heterocycles. The number of carboxylic acid groups (broad SMARTS) is 1. The summed E-state index contributed by atoms with van der Waals surface area (Å²) in [5, 5.41) is 20.9. The lowest BCUT2D eigenvalue weighted by Crippen LogP contribution is -2.37. The molecule has 2 aromatic rings. The molecule has 27 heavy (non-hydrogen) atoms. The number of piperidine rings is 1. The van der Waals surface area contributed by atoms with E-state index in [1.54, 1.807) is 42.5 Å². The van der Waals surface area contributed by atoms with E-state index in [0.29, 0.717) is 17.5 Å². The maximum atomic E-state index is 12.0. The van der Waals surface area contributed by atoms with Crippen LogP contribution in [0.15, 0.2) is 54.6 Å². The highest BCUT2D eigenvalue weighted by atomic mass is 16.4. The first kappa shape index (κ1) is 19.2. The number of carboxylic acids is 1. The van der Waals surface area contributed by atoms with E-state index in [9.17, 15) is 15.0 Å². The van der Waals surface area contributed by atoms with E-state index in [0.717, 1.165) is 25.2 Å². The van der Waals surface area contributed by atoms with E-state index < -0.39 is 11.6 Å². The Balaban J connectivity index is 1.83. The molecule has 0 saturated carbocycles. The highest BCUT2D eigenvalue weighted by Gasteiger charge is 2.41. The van der Waals surface area contributed by atoms with Gasteiger partial charge in [-0.3, -0.25) is 4.90 Å². The van der Waals surface area contributed by atoms with Crippen LogP contribution in [0.4, 0.5) is 0 Å². The van der Waals surface area contributed by atoms with Crippen LogP contribution in [0.3, 0.4) is 0 Å². The topological polar surface area (TPSA) is 60.8 Å². The Morgan fingerprint density at radius 3 is 2.33 bits per heavy atom. The molecule has 140 valence electrons. The van der Waals surface area contributed by atoms with Crippen LogP contribution >= 0.6 is 0 Å². The van der Waals surface area contributed by atoms with Gasteiger partial charge in [0.25, 0.3) is 0 Å². The van der Waals surface area contributed by atoms with Crippen LogP contribution in [0.2, 0.25) is 0 Å². The number of hydrogen-bond acceptors (Lipinski definition) is 3. The fourth-order valence-corrected chi connectivity index (χ4v) is 3.54. The summed E-state index contributed by atoms with van der Waals surface area (Å²) in [6.45, 7) is 2.93. The zero-order valence-corrected chi connectivity index (χ0v) is 15.4. The Kier molecular flexibility index (Phi) is 6.28. The zero-order chi connectivity index (χ0) is 19.1. The first-order valence-corrected chi connectivity index (χ1v) is 9.40. The third-order valence-corrected chi connectivity index (χ3v) is 5.06. The van der Waals surface area contributed by atoms with Crippen molar-refractivity contribution in [2.24, 2.45) is 0 Å². The van der Waals surface area contributed by atoms with Crippen molar-refractivity contribution in [3.63, 3.8) is 0 Å². The maximum Gasteiger partial charge on any atom is 0.345 e. The summed E-state index contributed by atoms with van der Waals surface area (Å²) in [5.74, 6) is 5.06. The molecule has 1 atom stereocenters. The molecule has 0 bridgehead atoms. The van der Waals surface area contributed by atoms with E-state index in [4.69, 9.17) is 0 Å². The molecule has 2 aromatic carbocycles. The van der Waals surface area contributed by atoms with Gasteiger partial charge < -0.3 is 10.2 Å². The molecule has 1 saturated heterocycles. The lowest BCUT2D eigenvalue weighted by molar-refractivity contribution is -0.155. The Morgan fingerprint density at radius 2 is 1.63 bits per heavy atom. The normalized spacial score (nSPS) is 16.8. The van der Waals surface area contributed by atoms with Crippen LogP contribution in [0.25, 0.3) is 0 Å². The second kappa shape index (κ2) is 8.85. The average Bonchev–Trinajstić information content (AvgIpc) is 2.72. The summed E-state index contributed by atoms with van der Waals surface area (Å²) in [4.78, 5) is 14.4. The molecule has 4 nitrogen and oxygen atoms in total. The molecule has 0 aliphatic carbocycles. The predicted octanol–water partition coefficient (Wildman–Crippen LogP) is 3.04. The SMILES string of the molecule is O=C(O)C(O)(c1ccccc1)c1ccccc1CC#CCN1CCCCC1. The molecule has 0 aromatic heterocycles. The van der Waals surface area contributed by atoms with Crippen molar-refractivity contribution in [3.05, 3.63) is 71.3 Å². The molecule has 1 aliphatic rings. The second-order valence-electron chi connectivity index (χ2n) is 6.91. The average molecular weight is 363 g/mol. The number of rotatable bonds is 5. The van der Waals surface area contributed by atoms with E-state index >= 15 is 0 Å². The summed E-state index contributed by atoms with van der Waals surface area (Å²) >= 11 is 0. The standard InChI is InChI=1S/C23H25NO3/c25-22(26)23(27,20-13-3-1-4-14-20)21-15-6-5-11-19(21)12-7-10-18-24-16-8-2-9-17-24/h1,3-6,11,13-15,27H,2,8-9,12,16-18H2,(H,25,26). The van der Waals surface area contributed by atoms with Crippen molar-refractivity contribution < 1.29 is 15.0 Å². The highest BCUT2D eigenvalue weighted by molar-refractivity contribution is 5.84. The first-order chi connectivity index (χ1) is 13.1. The molecule has 1 fully saturated rings. The lowest BCUT2D eigenvalue weighted by atomic mass is 9.83. The molecule has 4 heteroatoms. The van der Waals surface area contributed by atoms with Crippen LogP contribution in [0.5, 0.6) is 0 Å². The van der Waals surface area contributed by atoms with E-state index in [1.165, 1.54) is 19.3 Å². The van der Waals surface area contributed by atoms with Crippen LogP contribution in [-0.4, -0.2) is 40.7 Å². The summed E-state index contributed by atoms with van der Waals surface area (Å²) in [5.41, 5.74) is -0.647. The monoisotopic (exact) mass is 363 g/mol. The van der Waals surface area contributed by atoms with Gasteiger partial charge in [-0.25, -0.2) is 4.79 Å². The van der Waals surface area contributed by atoms with Gasteiger partial charge in [-0.1, -0.05) is 72.9 Å². The summed E-state index contributed by atoms with van der Waals surface area (Å²) in [6, 6.07) is 15.6. The first-order valence-electron chi connectivity index (χ1n) is 9.40. The number of nitrogens with zero attached hydrogens (tertiary/aromatic N) is 1. The second-order valence-corrected chi connectivity index (χ2v) is 6.91. The Morgan fingerprint density at radius 1 is 0.963 bits per heavy atom. The molecule has 0 spiro atoms. The molecular formula is C23H25NO3. The van der Waals surface area contributed by atoms with Crippen LogP contribution in [0.1, 0.15) is 36.0 Å². The fraction of sp³-hybridized carbons (Fsp3) is 0.348. The highest BCUT2D eigenvalue weighted by Crippen LogP contribution is 2.32. The number of likely N-dealkylation sites (tertiary alicyclic amines) is 1. The van der Waals surface area contributed by atoms with Gasteiger partial charge in [0.2, 0.25) is 5.60 Å². The number of hydrogen-bond donors (Lipinski definition) is 2. The van der Waals surface area contributed by atoms with Gasteiger partial charge in [-0.2, -0.15) is 0 Å². The van der Waals surface area contributed by atoms with Gasteiger partial charge in [0.15, 0.2) is 0 Å². The number of carbonyl (C=O) groups is 1. The quantitative estimate of drug-likeness (QED) is 0.802. The third kappa shape index (κ3) is 4.39. The van der Waals surface area contributed by atoms with Gasteiger partial charge in [0, 0.05) is 12.0 Å². The molecule has 1 unspecified atom stereocenters. The van der Waals surface area contributed by atoms with Gasteiger partial charge in [-0.15, -0.1) is 0 Å². The fourth-order valence-electron chi connectivity index (χ4n) is 3.54. The van der Waals surface area contributed by atoms with Crippen molar-refractivity contribution in [1.82, 2.24) is 4.90 Å². The van der Waals surface area contributed by atoms with Crippen molar-refractivity contribution >= 4 is 5.97 Å². The zero-order valence-electron chi connectivity index (χ0n) is 15.4. The molecule has 1 heterocycles. The number of benzene rings is 2. The molecule has 0 radical (unpaired) electrons. The predicted molar refractivity (Wildman–Crippen MR) is 105 cm³/mol.